The van der Waals surface area contributed by atoms with Crippen LogP contribution in [-0.2, 0) is 4.74 Å². The minimum atomic E-state index is 0.389. The molecule has 1 rings (SSSR count). The summed E-state index contributed by atoms with van der Waals surface area (Å²) in [6, 6.07) is 0.389. The molecule has 2 heteroatoms. The van der Waals surface area contributed by atoms with Gasteiger partial charge in [0.05, 0.1) is 12.7 Å². The maximum Gasteiger partial charge on any atom is 0.0648 e. The summed E-state index contributed by atoms with van der Waals surface area (Å²) < 4.78 is 5.30. The molecule has 0 unspecified atom stereocenters. The van der Waals surface area contributed by atoms with Crippen molar-refractivity contribution in [2.75, 3.05) is 6.61 Å². The highest BCUT2D eigenvalue weighted by atomic mass is 16.5. The Labute approximate surface area is 55.7 Å². The maximum atomic E-state index is 5.53. The van der Waals surface area contributed by atoms with Gasteiger partial charge >= 0.3 is 0 Å². The van der Waals surface area contributed by atoms with Crippen LogP contribution in [0.5, 0.6) is 0 Å². The van der Waals surface area contributed by atoms with Gasteiger partial charge in [0.2, 0.25) is 0 Å². The Bertz CT molecular complexity index is 97.1. The Balaban J connectivity index is 1.97. The van der Waals surface area contributed by atoms with Gasteiger partial charge in [-0.2, -0.15) is 0 Å². The fourth-order valence-electron chi connectivity index (χ4n) is 0.947. The molecular weight excluding hydrogens is 114 g/mol. The van der Waals surface area contributed by atoms with Gasteiger partial charge in [-0.15, -0.1) is 6.58 Å². The molecule has 0 radical (unpaired) electrons. The van der Waals surface area contributed by atoms with E-state index in [1.165, 1.54) is 0 Å². The molecular formula is C7H13NO. The van der Waals surface area contributed by atoms with Crippen molar-refractivity contribution in [3.63, 3.8) is 0 Å². The molecule has 0 heterocycles. The molecule has 0 aromatic heterocycles. The second kappa shape index (κ2) is 2.99. The van der Waals surface area contributed by atoms with Gasteiger partial charge in [-0.05, 0) is 12.8 Å². The van der Waals surface area contributed by atoms with Crippen molar-refractivity contribution in [2.24, 2.45) is 5.73 Å². The fourth-order valence-corrected chi connectivity index (χ4v) is 0.947. The van der Waals surface area contributed by atoms with Crippen LogP contribution >= 0.6 is 0 Å². The third-order valence-corrected chi connectivity index (χ3v) is 1.58. The first kappa shape index (κ1) is 6.78. The van der Waals surface area contributed by atoms with Gasteiger partial charge in [0, 0.05) is 6.04 Å². The van der Waals surface area contributed by atoms with Crippen LogP contribution in [0.1, 0.15) is 12.8 Å². The van der Waals surface area contributed by atoms with Crippen molar-refractivity contribution in [2.45, 2.75) is 25.0 Å². The van der Waals surface area contributed by atoms with Crippen molar-refractivity contribution >= 4 is 0 Å². The molecule has 9 heavy (non-hydrogen) atoms. The second-order valence-corrected chi connectivity index (χ2v) is 2.48. The van der Waals surface area contributed by atoms with Crippen LogP contribution < -0.4 is 5.73 Å². The van der Waals surface area contributed by atoms with Gasteiger partial charge in [0.15, 0.2) is 0 Å². The molecule has 0 aromatic rings. The van der Waals surface area contributed by atoms with Crippen molar-refractivity contribution in [3.05, 3.63) is 12.7 Å². The van der Waals surface area contributed by atoms with Crippen LogP contribution in [0.3, 0.4) is 0 Å². The van der Waals surface area contributed by atoms with E-state index < -0.39 is 0 Å². The molecule has 0 saturated heterocycles. The monoisotopic (exact) mass is 127 g/mol. The van der Waals surface area contributed by atoms with E-state index in [1.54, 1.807) is 6.08 Å². The molecule has 1 aliphatic carbocycles. The molecule has 52 valence electrons. The van der Waals surface area contributed by atoms with Gasteiger partial charge in [-0.25, -0.2) is 0 Å². The van der Waals surface area contributed by atoms with E-state index in [0.29, 0.717) is 18.8 Å². The van der Waals surface area contributed by atoms with Crippen LogP contribution in [0.2, 0.25) is 0 Å². The minimum Gasteiger partial charge on any atom is -0.374 e. The standard InChI is InChI=1S/C7H13NO/c1-2-3-9-7-4-6(8)5-7/h2,6-7H,1,3-5,8H2. The van der Waals surface area contributed by atoms with Crippen molar-refractivity contribution in [1.82, 2.24) is 0 Å². The van der Waals surface area contributed by atoms with Crippen LogP contribution in [0.25, 0.3) is 0 Å². The van der Waals surface area contributed by atoms with Gasteiger partial charge in [0.1, 0.15) is 0 Å². The van der Waals surface area contributed by atoms with Crippen LogP contribution in [0, 0.1) is 0 Å². The zero-order valence-electron chi connectivity index (χ0n) is 5.55. The Hall–Kier alpha value is -0.340. The highest BCUT2D eigenvalue weighted by Gasteiger charge is 2.25. The maximum absolute atomic E-state index is 5.53. The SMILES string of the molecule is C=CCOC1CC(N)C1. The third-order valence-electron chi connectivity index (χ3n) is 1.58. The van der Waals surface area contributed by atoms with E-state index in [1.807, 2.05) is 0 Å². The highest BCUT2D eigenvalue weighted by molar-refractivity contribution is 4.83. The summed E-state index contributed by atoms with van der Waals surface area (Å²) in [7, 11) is 0. The van der Waals surface area contributed by atoms with Crippen molar-refractivity contribution in [1.29, 1.82) is 0 Å². The first-order chi connectivity index (χ1) is 4.33. The Morgan fingerprint density at radius 2 is 2.33 bits per heavy atom. The zero-order valence-corrected chi connectivity index (χ0v) is 5.55. The predicted octanol–water partition coefficient (Wildman–Crippen LogP) is 0.679. The molecule has 0 aromatic carbocycles. The van der Waals surface area contributed by atoms with Crippen molar-refractivity contribution in [3.8, 4) is 0 Å². The van der Waals surface area contributed by atoms with Crippen LogP contribution in [0.15, 0.2) is 12.7 Å². The molecule has 0 amide bonds. The molecule has 2 N–H and O–H groups in total. The lowest BCUT2D eigenvalue weighted by Crippen LogP contribution is -2.41. The first-order valence-electron chi connectivity index (χ1n) is 3.31. The number of ether oxygens (including phenoxy) is 1. The fraction of sp³-hybridized carbons (Fsp3) is 0.714. The van der Waals surface area contributed by atoms with Crippen LogP contribution in [0.4, 0.5) is 0 Å². The van der Waals surface area contributed by atoms with Gasteiger partial charge in [-0.3, -0.25) is 0 Å². The highest BCUT2D eigenvalue weighted by Crippen LogP contribution is 2.20. The Morgan fingerprint density at radius 3 is 2.78 bits per heavy atom. The number of hydrogen-bond acceptors (Lipinski definition) is 2. The summed E-state index contributed by atoms with van der Waals surface area (Å²) in [6.07, 6.45) is 4.23. The smallest absolute Gasteiger partial charge is 0.0648 e. The minimum absolute atomic E-state index is 0.389. The van der Waals surface area contributed by atoms with E-state index in [2.05, 4.69) is 6.58 Å². The normalized spacial score (nSPS) is 33.4. The number of nitrogens with two attached hydrogens (primary N) is 1. The van der Waals surface area contributed by atoms with E-state index in [0.717, 1.165) is 12.8 Å². The molecule has 2 nitrogen and oxygen atoms in total. The van der Waals surface area contributed by atoms with Gasteiger partial charge in [0.25, 0.3) is 0 Å². The molecule has 1 saturated carbocycles. The summed E-state index contributed by atoms with van der Waals surface area (Å²) in [5.74, 6) is 0. The average molecular weight is 127 g/mol. The largest absolute Gasteiger partial charge is 0.374 e. The summed E-state index contributed by atoms with van der Waals surface area (Å²) in [6.45, 7) is 4.22. The van der Waals surface area contributed by atoms with Gasteiger partial charge in [-0.1, -0.05) is 6.08 Å². The summed E-state index contributed by atoms with van der Waals surface area (Å²) in [5.41, 5.74) is 5.53. The molecule has 0 aliphatic heterocycles. The van der Waals surface area contributed by atoms with E-state index in [4.69, 9.17) is 10.5 Å². The second-order valence-electron chi connectivity index (χ2n) is 2.48. The number of hydrogen-bond donors (Lipinski definition) is 1. The predicted molar refractivity (Wildman–Crippen MR) is 37.1 cm³/mol. The van der Waals surface area contributed by atoms with E-state index in [-0.39, 0.29) is 0 Å². The third kappa shape index (κ3) is 1.80. The van der Waals surface area contributed by atoms with E-state index in [9.17, 15) is 0 Å². The lowest BCUT2D eigenvalue weighted by atomic mass is 9.90. The topological polar surface area (TPSA) is 35.2 Å². The molecule has 0 bridgehead atoms. The first-order valence-corrected chi connectivity index (χ1v) is 3.31. The Kier molecular flexibility index (Phi) is 2.25. The van der Waals surface area contributed by atoms with Gasteiger partial charge < -0.3 is 10.5 Å². The lowest BCUT2D eigenvalue weighted by molar-refractivity contribution is 0.00712. The zero-order chi connectivity index (χ0) is 6.69. The number of rotatable bonds is 3. The summed E-state index contributed by atoms with van der Waals surface area (Å²) >= 11 is 0. The van der Waals surface area contributed by atoms with E-state index >= 15 is 0 Å². The molecule has 1 aliphatic rings. The quantitative estimate of drug-likeness (QED) is 0.566. The molecule has 0 spiro atoms. The van der Waals surface area contributed by atoms with Crippen molar-refractivity contribution < 1.29 is 4.74 Å². The molecule has 0 atom stereocenters. The summed E-state index contributed by atoms with van der Waals surface area (Å²) in [5, 5.41) is 0. The lowest BCUT2D eigenvalue weighted by Gasteiger charge is -2.31. The van der Waals surface area contributed by atoms with Crippen LogP contribution in [-0.4, -0.2) is 18.8 Å². The summed E-state index contributed by atoms with van der Waals surface area (Å²) in [4.78, 5) is 0. The average Bonchev–Trinajstić information content (AvgIpc) is 1.78. The Morgan fingerprint density at radius 1 is 1.67 bits per heavy atom. The molecule has 1 fully saturated rings.